The van der Waals surface area contributed by atoms with Crippen molar-refractivity contribution in [1.82, 2.24) is 5.32 Å². The smallest absolute Gasteiger partial charge is 0.429 e. The summed E-state index contributed by atoms with van der Waals surface area (Å²) in [6.07, 6.45) is 3.90. The van der Waals surface area contributed by atoms with Crippen molar-refractivity contribution in [2.75, 3.05) is 0 Å². The number of hydrogen-bond acceptors (Lipinski definition) is 4. The van der Waals surface area contributed by atoms with Crippen LogP contribution in [0.4, 0.5) is 4.79 Å². The van der Waals surface area contributed by atoms with Crippen LogP contribution < -0.4 is 5.32 Å². The molecule has 1 aromatic carbocycles. The summed E-state index contributed by atoms with van der Waals surface area (Å²) in [4.78, 5) is 11.6. The third kappa shape index (κ3) is 3.07. The Balaban J connectivity index is 1.42. The molecule has 4 nitrogen and oxygen atoms in total. The van der Waals surface area contributed by atoms with Crippen molar-refractivity contribution in [2.45, 2.75) is 44.6 Å². The fraction of sp³-hybridized carbons (Fsp3) is 0.533. The van der Waals surface area contributed by atoms with E-state index in [1.807, 2.05) is 30.3 Å². The molecule has 0 aromatic heterocycles. The number of nitrogens with one attached hydrogen (secondary N) is 1. The van der Waals surface area contributed by atoms with Crippen molar-refractivity contribution < 1.29 is 14.3 Å². The molecule has 4 heteroatoms. The second kappa shape index (κ2) is 5.61. The van der Waals surface area contributed by atoms with E-state index in [1.165, 1.54) is 19.3 Å². The molecule has 0 bridgehead atoms. The maximum absolute atomic E-state index is 11.6. The zero-order valence-corrected chi connectivity index (χ0v) is 10.9. The lowest BCUT2D eigenvalue weighted by molar-refractivity contribution is 0.0116. The number of hydrogen-bond donors (Lipinski definition) is 1. The van der Waals surface area contributed by atoms with Crippen LogP contribution in [-0.4, -0.2) is 18.4 Å². The largest absolute Gasteiger partial charge is 0.510 e. The SMILES string of the molecule is O=C(OCc1ccccc1)O[C@H]1C[C@H]2CCC[C@H]2N1. The molecule has 102 valence electrons. The molecule has 1 aromatic rings. The number of ether oxygens (including phenoxy) is 2. The quantitative estimate of drug-likeness (QED) is 0.850. The Kier molecular flexibility index (Phi) is 3.69. The summed E-state index contributed by atoms with van der Waals surface area (Å²) in [5, 5.41) is 3.36. The van der Waals surface area contributed by atoms with Crippen LogP contribution in [0.3, 0.4) is 0 Å². The Hall–Kier alpha value is -1.55. The van der Waals surface area contributed by atoms with Crippen LogP contribution in [0.15, 0.2) is 30.3 Å². The predicted molar refractivity (Wildman–Crippen MR) is 70.4 cm³/mol. The van der Waals surface area contributed by atoms with Gasteiger partial charge in [0.25, 0.3) is 0 Å². The third-order valence-corrected chi connectivity index (χ3v) is 4.01. The fourth-order valence-corrected chi connectivity index (χ4v) is 3.07. The number of benzene rings is 1. The van der Waals surface area contributed by atoms with Gasteiger partial charge < -0.3 is 9.47 Å². The fourth-order valence-electron chi connectivity index (χ4n) is 3.07. The first-order valence-corrected chi connectivity index (χ1v) is 6.94. The van der Waals surface area contributed by atoms with Crippen LogP contribution in [0, 0.1) is 5.92 Å². The molecule has 1 heterocycles. The topological polar surface area (TPSA) is 47.6 Å². The number of carbonyl (C=O) groups is 1. The van der Waals surface area contributed by atoms with E-state index in [0.29, 0.717) is 12.0 Å². The van der Waals surface area contributed by atoms with Gasteiger partial charge in [-0.05, 0) is 24.3 Å². The summed E-state index contributed by atoms with van der Waals surface area (Å²) >= 11 is 0. The average Bonchev–Trinajstić information content (AvgIpc) is 2.98. The van der Waals surface area contributed by atoms with Gasteiger partial charge in [0.15, 0.2) is 6.23 Å². The first-order chi connectivity index (χ1) is 9.31. The summed E-state index contributed by atoms with van der Waals surface area (Å²) in [7, 11) is 0. The van der Waals surface area contributed by atoms with Crippen molar-refractivity contribution in [3.63, 3.8) is 0 Å². The minimum absolute atomic E-state index is 0.168. The van der Waals surface area contributed by atoms with Crippen molar-refractivity contribution in [2.24, 2.45) is 5.92 Å². The predicted octanol–water partition coefficient (Wildman–Crippen LogP) is 2.83. The van der Waals surface area contributed by atoms with Crippen LogP contribution in [0.5, 0.6) is 0 Å². The van der Waals surface area contributed by atoms with Gasteiger partial charge in [0.05, 0.1) is 0 Å². The standard InChI is InChI=1S/C15H19NO3/c17-15(18-10-11-5-2-1-3-6-11)19-14-9-12-7-4-8-13(12)16-14/h1-3,5-6,12-14,16H,4,7-10H2/t12-,13-,14+/m1/s1. The van der Waals surface area contributed by atoms with Gasteiger partial charge in [-0.25, -0.2) is 4.79 Å². The second-order valence-electron chi connectivity index (χ2n) is 5.33. The van der Waals surface area contributed by atoms with Crippen LogP contribution in [0.1, 0.15) is 31.2 Å². The Morgan fingerprint density at radius 1 is 1.26 bits per heavy atom. The number of rotatable bonds is 3. The molecule has 0 spiro atoms. The van der Waals surface area contributed by atoms with Gasteiger partial charge >= 0.3 is 6.16 Å². The second-order valence-corrected chi connectivity index (χ2v) is 5.33. The van der Waals surface area contributed by atoms with E-state index in [4.69, 9.17) is 9.47 Å². The van der Waals surface area contributed by atoms with E-state index in [-0.39, 0.29) is 12.8 Å². The van der Waals surface area contributed by atoms with Gasteiger partial charge in [-0.1, -0.05) is 36.8 Å². The first kappa shape index (κ1) is 12.5. The van der Waals surface area contributed by atoms with Crippen LogP contribution in [0.2, 0.25) is 0 Å². The molecule has 0 radical (unpaired) electrons. The zero-order chi connectivity index (χ0) is 13.1. The highest BCUT2D eigenvalue weighted by molar-refractivity contribution is 5.60. The van der Waals surface area contributed by atoms with E-state index in [1.54, 1.807) is 0 Å². The normalized spacial score (nSPS) is 28.9. The molecular weight excluding hydrogens is 242 g/mol. The molecule has 1 aliphatic heterocycles. The first-order valence-electron chi connectivity index (χ1n) is 6.94. The van der Waals surface area contributed by atoms with Crippen molar-refractivity contribution >= 4 is 6.16 Å². The Labute approximate surface area is 113 Å². The summed E-state index contributed by atoms with van der Waals surface area (Å²) < 4.78 is 10.4. The van der Waals surface area contributed by atoms with Gasteiger partial charge in [-0.2, -0.15) is 0 Å². The molecule has 1 aliphatic carbocycles. The van der Waals surface area contributed by atoms with Crippen molar-refractivity contribution in [1.29, 1.82) is 0 Å². The molecule has 1 saturated heterocycles. The maximum atomic E-state index is 11.6. The van der Waals surface area contributed by atoms with Gasteiger partial charge in [-0.15, -0.1) is 0 Å². The molecule has 1 N–H and O–H groups in total. The molecule has 0 unspecified atom stereocenters. The van der Waals surface area contributed by atoms with E-state index < -0.39 is 6.16 Å². The molecule has 2 aliphatic rings. The highest BCUT2D eigenvalue weighted by Crippen LogP contribution is 2.34. The van der Waals surface area contributed by atoms with Gasteiger partial charge in [0.2, 0.25) is 0 Å². The maximum Gasteiger partial charge on any atom is 0.510 e. The number of carbonyl (C=O) groups excluding carboxylic acids is 1. The van der Waals surface area contributed by atoms with E-state index in [0.717, 1.165) is 12.0 Å². The van der Waals surface area contributed by atoms with Crippen LogP contribution in [-0.2, 0) is 16.1 Å². The summed E-state index contributed by atoms with van der Waals surface area (Å²) in [6.45, 7) is 0.263. The lowest BCUT2D eigenvalue weighted by Crippen LogP contribution is -2.33. The van der Waals surface area contributed by atoms with Crippen molar-refractivity contribution in [3.8, 4) is 0 Å². The Bertz CT molecular complexity index is 422. The van der Waals surface area contributed by atoms with E-state index >= 15 is 0 Å². The van der Waals surface area contributed by atoms with E-state index in [2.05, 4.69) is 5.32 Å². The van der Waals surface area contributed by atoms with Crippen LogP contribution >= 0.6 is 0 Å². The molecular formula is C15H19NO3. The summed E-state index contributed by atoms with van der Waals surface area (Å²) in [5.74, 6) is 0.673. The molecule has 3 atom stereocenters. The lowest BCUT2D eigenvalue weighted by atomic mass is 10.0. The zero-order valence-electron chi connectivity index (χ0n) is 10.9. The highest BCUT2D eigenvalue weighted by atomic mass is 16.7. The monoisotopic (exact) mass is 261 g/mol. The molecule has 3 rings (SSSR count). The van der Waals surface area contributed by atoms with Gasteiger partial charge in [-0.3, -0.25) is 5.32 Å². The third-order valence-electron chi connectivity index (χ3n) is 4.01. The minimum Gasteiger partial charge on any atom is -0.429 e. The van der Waals surface area contributed by atoms with Crippen LogP contribution in [0.25, 0.3) is 0 Å². The Morgan fingerprint density at radius 2 is 2.11 bits per heavy atom. The van der Waals surface area contributed by atoms with Gasteiger partial charge in [0.1, 0.15) is 6.61 Å². The minimum atomic E-state index is -0.582. The highest BCUT2D eigenvalue weighted by Gasteiger charge is 2.38. The van der Waals surface area contributed by atoms with Crippen molar-refractivity contribution in [3.05, 3.63) is 35.9 Å². The molecule has 1 saturated carbocycles. The Morgan fingerprint density at radius 3 is 2.89 bits per heavy atom. The molecule has 0 amide bonds. The lowest BCUT2D eigenvalue weighted by Gasteiger charge is -2.14. The average molecular weight is 261 g/mol. The molecule has 2 fully saturated rings. The summed E-state index contributed by atoms with van der Waals surface area (Å²) in [6, 6.07) is 10.2. The number of fused-ring (bicyclic) bond motifs is 1. The van der Waals surface area contributed by atoms with E-state index in [9.17, 15) is 4.79 Å². The molecule has 19 heavy (non-hydrogen) atoms. The summed E-state index contributed by atoms with van der Waals surface area (Å²) in [5.41, 5.74) is 0.968. The van der Waals surface area contributed by atoms with Gasteiger partial charge in [0, 0.05) is 12.5 Å².